The SMILES string of the molecule is CCN(CCNC(=O)c1c(C)oc(C)c1Br)c1ccccc1C. The molecule has 0 aliphatic rings. The van der Waals surface area contributed by atoms with Gasteiger partial charge in [-0.25, -0.2) is 0 Å². The predicted octanol–water partition coefficient (Wildman–Crippen LogP) is 4.22. The van der Waals surface area contributed by atoms with E-state index in [1.54, 1.807) is 6.92 Å². The lowest BCUT2D eigenvalue weighted by atomic mass is 10.2. The number of furan rings is 1. The van der Waals surface area contributed by atoms with Crippen molar-refractivity contribution in [3.63, 3.8) is 0 Å². The van der Waals surface area contributed by atoms with Gasteiger partial charge in [0.1, 0.15) is 11.5 Å². The van der Waals surface area contributed by atoms with Crippen LogP contribution in [0.2, 0.25) is 0 Å². The summed E-state index contributed by atoms with van der Waals surface area (Å²) in [5, 5.41) is 2.98. The maximum atomic E-state index is 12.4. The number of amides is 1. The molecule has 1 aromatic carbocycles. The number of para-hydroxylation sites is 1. The molecule has 1 aromatic heterocycles. The Morgan fingerprint density at radius 1 is 1.22 bits per heavy atom. The molecule has 124 valence electrons. The van der Waals surface area contributed by atoms with Crippen LogP contribution in [0.1, 0.15) is 34.4 Å². The first-order chi connectivity index (χ1) is 11.0. The van der Waals surface area contributed by atoms with Crippen LogP contribution in [-0.4, -0.2) is 25.5 Å². The molecule has 0 radical (unpaired) electrons. The van der Waals surface area contributed by atoms with Crippen LogP contribution in [0.4, 0.5) is 5.69 Å². The lowest BCUT2D eigenvalue weighted by molar-refractivity contribution is 0.0952. The van der Waals surface area contributed by atoms with E-state index >= 15 is 0 Å². The van der Waals surface area contributed by atoms with Crippen molar-refractivity contribution in [3.05, 3.63) is 51.4 Å². The highest BCUT2D eigenvalue weighted by Gasteiger charge is 2.19. The van der Waals surface area contributed by atoms with Gasteiger partial charge in [0, 0.05) is 25.3 Å². The van der Waals surface area contributed by atoms with Crippen molar-refractivity contribution in [3.8, 4) is 0 Å². The molecule has 0 unspecified atom stereocenters. The highest BCUT2D eigenvalue weighted by Crippen LogP contribution is 2.27. The maximum Gasteiger partial charge on any atom is 0.256 e. The first-order valence-electron chi connectivity index (χ1n) is 7.80. The van der Waals surface area contributed by atoms with Crippen LogP contribution < -0.4 is 10.2 Å². The summed E-state index contributed by atoms with van der Waals surface area (Å²) in [6, 6.07) is 8.29. The van der Waals surface area contributed by atoms with Crippen LogP contribution in [0.15, 0.2) is 33.2 Å². The number of aryl methyl sites for hydroxylation is 3. The molecule has 0 saturated carbocycles. The van der Waals surface area contributed by atoms with Crippen LogP contribution in [0.5, 0.6) is 0 Å². The monoisotopic (exact) mass is 378 g/mol. The quantitative estimate of drug-likeness (QED) is 0.817. The second kappa shape index (κ2) is 7.68. The Bertz CT molecular complexity index is 694. The molecule has 1 heterocycles. The molecule has 5 heteroatoms. The summed E-state index contributed by atoms with van der Waals surface area (Å²) < 4.78 is 6.22. The fraction of sp³-hybridized carbons (Fsp3) is 0.389. The minimum absolute atomic E-state index is 0.105. The predicted molar refractivity (Wildman–Crippen MR) is 97.3 cm³/mol. The maximum absolute atomic E-state index is 12.4. The molecule has 0 spiro atoms. The molecule has 0 aliphatic heterocycles. The van der Waals surface area contributed by atoms with E-state index in [9.17, 15) is 4.79 Å². The smallest absolute Gasteiger partial charge is 0.256 e. The normalized spacial score (nSPS) is 10.7. The Morgan fingerprint density at radius 3 is 2.48 bits per heavy atom. The van der Waals surface area contributed by atoms with Crippen molar-refractivity contribution in [2.45, 2.75) is 27.7 Å². The van der Waals surface area contributed by atoms with Crippen molar-refractivity contribution >= 4 is 27.5 Å². The highest BCUT2D eigenvalue weighted by atomic mass is 79.9. The van der Waals surface area contributed by atoms with Crippen LogP contribution in [0.3, 0.4) is 0 Å². The zero-order valence-electron chi connectivity index (χ0n) is 14.1. The average molecular weight is 379 g/mol. The molecule has 0 saturated heterocycles. The molecule has 23 heavy (non-hydrogen) atoms. The Kier molecular flexibility index (Phi) is 5.88. The number of benzene rings is 1. The highest BCUT2D eigenvalue weighted by molar-refractivity contribution is 9.10. The molecule has 2 aromatic rings. The van der Waals surface area contributed by atoms with Crippen LogP contribution in [-0.2, 0) is 0 Å². The second-order valence-electron chi connectivity index (χ2n) is 5.53. The Labute approximate surface area is 146 Å². The topological polar surface area (TPSA) is 45.5 Å². The lowest BCUT2D eigenvalue weighted by Gasteiger charge is -2.25. The Morgan fingerprint density at radius 2 is 1.91 bits per heavy atom. The Balaban J connectivity index is 1.98. The molecular weight excluding hydrogens is 356 g/mol. The number of anilines is 1. The number of nitrogens with one attached hydrogen (secondary N) is 1. The van der Waals surface area contributed by atoms with Gasteiger partial charge in [0.05, 0.1) is 10.0 Å². The molecule has 0 bridgehead atoms. The van der Waals surface area contributed by atoms with Crippen molar-refractivity contribution < 1.29 is 9.21 Å². The van der Waals surface area contributed by atoms with E-state index in [2.05, 4.69) is 52.1 Å². The number of rotatable bonds is 6. The van der Waals surface area contributed by atoms with E-state index in [-0.39, 0.29) is 5.91 Å². The first kappa shape index (κ1) is 17.6. The molecule has 0 fully saturated rings. The fourth-order valence-electron chi connectivity index (χ4n) is 2.68. The average Bonchev–Trinajstić information content (AvgIpc) is 2.77. The van der Waals surface area contributed by atoms with Crippen molar-refractivity contribution in [2.24, 2.45) is 0 Å². The second-order valence-corrected chi connectivity index (χ2v) is 6.32. The molecular formula is C18H23BrN2O2. The van der Waals surface area contributed by atoms with Gasteiger partial charge in [0.2, 0.25) is 0 Å². The minimum atomic E-state index is -0.105. The summed E-state index contributed by atoms with van der Waals surface area (Å²) in [6.45, 7) is 10.1. The van der Waals surface area contributed by atoms with Gasteiger partial charge in [-0.05, 0) is 55.3 Å². The molecule has 0 aliphatic carbocycles. The van der Waals surface area contributed by atoms with Gasteiger partial charge in [-0.2, -0.15) is 0 Å². The number of carbonyl (C=O) groups excluding carboxylic acids is 1. The minimum Gasteiger partial charge on any atom is -0.465 e. The van der Waals surface area contributed by atoms with Gasteiger partial charge in [-0.3, -0.25) is 4.79 Å². The summed E-state index contributed by atoms with van der Waals surface area (Å²) in [5.74, 6) is 1.26. The molecule has 4 nitrogen and oxygen atoms in total. The number of carbonyl (C=O) groups is 1. The molecule has 2 rings (SSSR count). The molecule has 0 atom stereocenters. The van der Waals surface area contributed by atoms with Crippen LogP contribution in [0.25, 0.3) is 0 Å². The third-order valence-corrected chi connectivity index (χ3v) is 4.87. The van der Waals surface area contributed by atoms with Crippen LogP contribution in [0, 0.1) is 20.8 Å². The number of likely N-dealkylation sites (N-methyl/N-ethyl adjacent to an activating group) is 1. The van der Waals surface area contributed by atoms with Gasteiger partial charge in [-0.1, -0.05) is 18.2 Å². The van der Waals surface area contributed by atoms with E-state index in [0.717, 1.165) is 23.3 Å². The van der Waals surface area contributed by atoms with Gasteiger partial charge in [0.15, 0.2) is 0 Å². The summed E-state index contributed by atoms with van der Waals surface area (Å²) in [7, 11) is 0. The number of hydrogen-bond acceptors (Lipinski definition) is 3. The number of nitrogens with zero attached hydrogens (tertiary/aromatic N) is 1. The van der Waals surface area contributed by atoms with Gasteiger partial charge >= 0.3 is 0 Å². The third-order valence-electron chi connectivity index (χ3n) is 3.92. The summed E-state index contributed by atoms with van der Waals surface area (Å²) in [5.41, 5.74) is 3.03. The summed E-state index contributed by atoms with van der Waals surface area (Å²) >= 11 is 3.42. The van der Waals surface area contributed by atoms with E-state index < -0.39 is 0 Å². The van der Waals surface area contributed by atoms with E-state index in [1.165, 1.54) is 11.3 Å². The zero-order chi connectivity index (χ0) is 17.0. The zero-order valence-corrected chi connectivity index (χ0v) is 15.7. The Hall–Kier alpha value is -1.75. The van der Waals surface area contributed by atoms with Gasteiger partial charge in [0.25, 0.3) is 5.91 Å². The fourth-order valence-corrected chi connectivity index (χ4v) is 3.22. The standard InChI is InChI=1S/C18H23BrN2O2/c1-5-21(15-9-7-6-8-12(15)2)11-10-20-18(22)16-13(3)23-14(4)17(16)19/h6-9H,5,10-11H2,1-4H3,(H,20,22). The molecule has 1 amide bonds. The summed E-state index contributed by atoms with van der Waals surface area (Å²) in [4.78, 5) is 14.6. The van der Waals surface area contributed by atoms with Crippen LogP contribution >= 0.6 is 15.9 Å². The molecule has 1 N–H and O–H groups in total. The third kappa shape index (κ3) is 3.96. The van der Waals surface area contributed by atoms with Gasteiger partial charge in [-0.15, -0.1) is 0 Å². The van der Waals surface area contributed by atoms with Crippen molar-refractivity contribution in [1.29, 1.82) is 0 Å². The largest absolute Gasteiger partial charge is 0.465 e. The lowest BCUT2D eigenvalue weighted by Crippen LogP contribution is -2.35. The summed E-state index contributed by atoms with van der Waals surface area (Å²) in [6.07, 6.45) is 0. The van der Waals surface area contributed by atoms with E-state index in [1.807, 2.05) is 19.1 Å². The van der Waals surface area contributed by atoms with Gasteiger partial charge < -0.3 is 14.6 Å². The van der Waals surface area contributed by atoms with Crippen molar-refractivity contribution in [2.75, 3.05) is 24.5 Å². The van der Waals surface area contributed by atoms with E-state index in [4.69, 9.17) is 4.42 Å². The number of halogens is 1. The van der Waals surface area contributed by atoms with Crippen molar-refractivity contribution in [1.82, 2.24) is 5.32 Å². The van der Waals surface area contributed by atoms with E-state index in [0.29, 0.717) is 17.9 Å². The first-order valence-corrected chi connectivity index (χ1v) is 8.59. The number of hydrogen-bond donors (Lipinski definition) is 1.